The predicted octanol–water partition coefficient (Wildman–Crippen LogP) is 5.58. The zero-order valence-corrected chi connectivity index (χ0v) is 26.4. The fourth-order valence-corrected chi connectivity index (χ4v) is 6.00. The van der Waals surface area contributed by atoms with Crippen molar-refractivity contribution in [1.29, 1.82) is 0 Å². The Morgan fingerprint density at radius 3 is 2.29 bits per heavy atom. The molecule has 1 N–H and O–H groups in total. The van der Waals surface area contributed by atoms with E-state index in [1.807, 2.05) is 0 Å². The molecular formula is C32H39F3N6O4. The number of nitrogens with one attached hydrogen (secondary N) is 1. The lowest BCUT2D eigenvalue weighted by Gasteiger charge is -2.45. The molecule has 10 nitrogen and oxygen atoms in total. The molecule has 2 amide bonds. The van der Waals surface area contributed by atoms with Crippen LogP contribution >= 0.6 is 0 Å². The molecule has 2 aliphatic heterocycles. The minimum atomic E-state index is -2.84. The van der Waals surface area contributed by atoms with Gasteiger partial charge in [0.05, 0.1) is 18.5 Å². The number of hydrogen-bond acceptors (Lipinski definition) is 7. The number of ether oxygens (including phenoxy) is 1. The average molecular weight is 629 g/mol. The van der Waals surface area contributed by atoms with Crippen LogP contribution in [0.5, 0.6) is 0 Å². The van der Waals surface area contributed by atoms with Crippen molar-refractivity contribution < 1.29 is 27.5 Å². The van der Waals surface area contributed by atoms with Crippen molar-refractivity contribution in [1.82, 2.24) is 24.3 Å². The Hall–Kier alpha value is -4.16. The number of aryl methyl sites for hydroxylation is 1. The van der Waals surface area contributed by atoms with Crippen LogP contribution in [0, 0.1) is 0 Å². The van der Waals surface area contributed by atoms with Gasteiger partial charge in [-0.1, -0.05) is 6.07 Å². The number of benzene rings is 1. The summed E-state index contributed by atoms with van der Waals surface area (Å²) in [5, 5.41) is 3.84. The van der Waals surface area contributed by atoms with Crippen LogP contribution in [-0.2, 0) is 22.2 Å². The average Bonchev–Trinajstić information content (AvgIpc) is 2.96. The molecule has 13 heteroatoms. The first-order valence-corrected chi connectivity index (χ1v) is 15.0. The summed E-state index contributed by atoms with van der Waals surface area (Å²) < 4.78 is 50.8. The van der Waals surface area contributed by atoms with E-state index in [9.17, 15) is 23.2 Å². The molecular weight excluding hydrogens is 589 g/mol. The highest BCUT2D eigenvalue weighted by atomic mass is 19.3. The summed E-state index contributed by atoms with van der Waals surface area (Å²) in [5.41, 5.74) is -1.82. The fourth-order valence-electron chi connectivity index (χ4n) is 6.00. The van der Waals surface area contributed by atoms with Gasteiger partial charge in [0.15, 0.2) is 5.67 Å². The summed E-state index contributed by atoms with van der Waals surface area (Å²) in [5.74, 6) is 0.344. The Kier molecular flexibility index (Phi) is 8.58. The number of nitrogens with zero attached hydrogens (tertiary/aromatic N) is 5. The molecule has 5 rings (SSSR count). The topological polar surface area (TPSA) is 110 Å². The van der Waals surface area contributed by atoms with Crippen LogP contribution in [0.2, 0.25) is 0 Å². The number of rotatable bonds is 6. The Labute approximate surface area is 259 Å². The first-order valence-electron chi connectivity index (χ1n) is 15.0. The number of anilines is 1. The third-order valence-corrected chi connectivity index (χ3v) is 8.55. The highest BCUT2D eigenvalue weighted by molar-refractivity contribution is 5.87. The predicted molar refractivity (Wildman–Crippen MR) is 163 cm³/mol. The van der Waals surface area contributed by atoms with Crippen molar-refractivity contribution in [3.63, 3.8) is 0 Å². The number of aromatic nitrogens is 3. The van der Waals surface area contributed by atoms with Crippen LogP contribution in [0.15, 0.2) is 35.4 Å². The van der Waals surface area contributed by atoms with Gasteiger partial charge in [-0.3, -0.25) is 14.2 Å². The molecule has 1 atom stereocenters. The molecule has 242 valence electrons. The van der Waals surface area contributed by atoms with Gasteiger partial charge in [0.1, 0.15) is 23.4 Å². The summed E-state index contributed by atoms with van der Waals surface area (Å²) in [6.45, 7) is 8.90. The minimum Gasteiger partial charge on any atom is -0.444 e. The standard InChI is InChI=1S/C32H39F3N6O4/c1-18(21-11-22(26(33)34)13-23(12-21)32(35)15-41(16-32)30(44)45-31(3,4)5)38-27-25-14-24(20-7-9-40(10-8-20)19(2)42)29(43)39(6)28(25)37-17-36-27/h11-14,17-18,20,26H,7-10,15-16H2,1-6H3,(H,36,37,38). The summed E-state index contributed by atoms with van der Waals surface area (Å²) in [4.78, 5) is 49.2. The second-order valence-corrected chi connectivity index (χ2v) is 13.1. The fraction of sp³-hybridized carbons (Fsp3) is 0.531. The number of pyridine rings is 1. The molecule has 0 bridgehead atoms. The van der Waals surface area contributed by atoms with E-state index >= 15 is 4.39 Å². The number of amides is 2. The first kappa shape index (κ1) is 32.2. The molecule has 2 saturated heterocycles. The number of fused-ring (bicyclic) bond motifs is 1. The van der Waals surface area contributed by atoms with Crippen LogP contribution in [0.1, 0.15) is 88.1 Å². The quantitative estimate of drug-likeness (QED) is 0.380. The Bertz CT molecular complexity index is 1670. The van der Waals surface area contributed by atoms with Crippen molar-refractivity contribution in [2.45, 2.75) is 77.1 Å². The van der Waals surface area contributed by atoms with Crippen molar-refractivity contribution in [3.8, 4) is 0 Å². The number of carbonyl (C=O) groups is 2. The second kappa shape index (κ2) is 12.0. The van der Waals surface area contributed by atoms with Gasteiger partial charge < -0.3 is 19.9 Å². The van der Waals surface area contributed by atoms with E-state index in [-0.39, 0.29) is 41.6 Å². The molecule has 1 aromatic carbocycles. The molecule has 0 spiro atoms. The summed E-state index contributed by atoms with van der Waals surface area (Å²) in [6.07, 6.45) is -0.892. The lowest BCUT2D eigenvalue weighted by molar-refractivity contribution is -0.129. The molecule has 45 heavy (non-hydrogen) atoms. The number of piperidine rings is 1. The lowest BCUT2D eigenvalue weighted by atomic mass is 9.85. The lowest BCUT2D eigenvalue weighted by Crippen LogP contribution is -2.59. The van der Waals surface area contributed by atoms with Crippen LogP contribution in [0.4, 0.5) is 23.8 Å². The van der Waals surface area contributed by atoms with Crippen molar-refractivity contribution >= 4 is 28.9 Å². The van der Waals surface area contributed by atoms with Gasteiger partial charge in [0.2, 0.25) is 5.91 Å². The van der Waals surface area contributed by atoms with Gasteiger partial charge in [0, 0.05) is 44.2 Å². The summed E-state index contributed by atoms with van der Waals surface area (Å²) in [6, 6.07) is 5.19. The Morgan fingerprint density at radius 2 is 1.69 bits per heavy atom. The highest BCUT2D eigenvalue weighted by Gasteiger charge is 2.49. The van der Waals surface area contributed by atoms with Crippen LogP contribution < -0.4 is 10.9 Å². The van der Waals surface area contributed by atoms with E-state index < -0.39 is 29.8 Å². The molecule has 0 saturated carbocycles. The normalized spacial score (nSPS) is 17.7. The number of hydrogen-bond donors (Lipinski definition) is 1. The molecule has 0 radical (unpaired) electrons. The van der Waals surface area contributed by atoms with Gasteiger partial charge in [-0.25, -0.2) is 27.9 Å². The maximum Gasteiger partial charge on any atom is 0.410 e. The molecule has 4 heterocycles. The molecule has 3 aromatic rings. The van der Waals surface area contributed by atoms with Gasteiger partial charge >= 0.3 is 6.09 Å². The van der Waals surface area contributed by atoms with Crippen molar-refractivity contribution in [2.24, 2.45) is 7.05 Å². The third-order valence-electron chi connectivity index (χ3n) is 8.55. The minimum absolute atomic E-state index is 0.00385. The van der Waals surface area contributed by atoms with E-state index in [1.165, 1.54) is 34.9 Å². The monoisotopic (exact) mass is 628 g/mol. The maximum absolute atomic E-state index is 16.0. The first-order chi connectivity index (χ1) is 21.1. The molecule has 2 aromatic heterocycles. The van der Waals surface area contributed by atoms with Crippen molar-refractivity contribution in [2.75, 3.05) is 31.5 Å². The zero-order chi connectivity index (χ0) is 32.8. The summed E-state index contributed by atoms with van der Waals surface area (Å²) >= 11 is 0. The molecule has 1 unspecified atom stereocenters. The number of alkyl halides is 3. The Balaban J connectivity index is 1.43. The summed E-state index contributed by atoms with van der Waals surface area (Å²) in [7, 11) is 1.64. The number of likely N-dealkylation sites (tertiary alicyclic amines) is 2. The molecule has 2 fully saturated rings. The van der Waals surface area contributed by atoms with E-state index in [4.69, 9.17) is 4.74 Å². The largest absolute Gasteiger partial charge is 0.444 e. The van der Waals surface area contributed by atoms with Crippen LogP contribution in [0.25, 0.3) is 11.0 Å². The van der Waals surface area contributed by atoms with Crippen molar-refractivity contribution in [3.05, 3.63) is 63.2 Å². The Morgan fingerprint density at radius 1 is 1.04 bits per heavy atom. The van der Waals surface area contributed by atoms with Gasteiger partial charge in [-0.05, 0) is 75.8 Å². The van der Waals surface area contributed by atoms with Gasteiger partial charge in [-0.2, -0.15) is 0 Å². The van der Waals surface area contributed by atoms with E-state index in [0.29, 0.717) is 53.9 Å². The van der Waals surface area contributed by atoms with E-state index in [2.05, 4.69) is 15.3 Å². The molecule has 2 aliphatic rings. The number of carbonyl (C=O) groups excluding carboxylic acids is 2. The SMILES string of the molecule is CC(=O)N1CCC(c2cc3c(NC(C)c4cc(C(F)F)cc(C5(F)CN(C(=O)OC(C)(C)C)C5)c4)ncnc3n(C)c2=O)CC1. The van der Waals surface area contributed by atoms with Crippen LogP contribution in [-0.4, -0.2) is 68.1 Å². The van der Waals surface area contributed by atoms with Gasteiger partial charge in [0.25, 0.3) is 12.0 Å². The van der Waals surface area contributed by atoms with Gasteiger partial charge in [-0.15, -0.1) is 0 Å². The zero-order valence-electron chi connectivity index (χ0n) is 26.4. The maximum atomic E-state index is 16.0. The third kappa shape index (κ3) is 6.62. The van der Waals surface area contributed by atoms with Crippen LogP contribution in [0.3, 0.4) is 0 Å². The molecule has 0 aliphatic carbocycles. The number of halogens is 3. The highest BCUT2D eigenvalue weighted by Crippen LogP contribution is 2.40. The second-order valence-electron chi connectivity index (χ2n) is 13.1. The van der Waals surface area contributed by atoms with E-state index in [0.717, 1.165) is 6.07 Å². The smallest absolute Gasteiger partial charge is 0.410 e. The van der Waals surface area contributed by atoms with E-state index in [1.54, 1.807) is 45.7 Å².